The number of hydrogen-bond donors (Lipinski definition) is 0. The maximum atomic E-state index is 4.48. The van der Waals surface area contributed by atoms with E-state index in [1.165, 1.54) is 11.1 Å². The van der Waals surface area contributed by atoms with Crippen LogP contribution >= 0.6 is 0 Å². The first-order chi connectivity index (χ1) is 24.8. The van der Waals surface area contributed by atoms with E-state index in [1.54, 1.807) is 0 Å². The van der Waals surface area contributed by atoms with E-state index in [9.17, 15) is 0 Å². The van der Waals surface area contributed by atoms with E-state index >= 15 is 0 Å². The molecule has 0 atom stereocenters. The first kappa shape index (κ1) is 28.1. The molecule has 50 heavy (non-hydrogen) atoms. The highest BCUT2D eigenvalue weighted by Crippen LogP contribution is 2.39. The van der Waals surface area contributed by atoms with Crippen molar-refractivity contribution < 1.29 is 0 Å². The molecular formula is C44H28N6. The second kappa shape index (κ2) is 11.4. The minimum atomic E-state index is 1.04. The average molecular weight is 641 g/mol. The molecule has 0 aliphatic heterocycles. The van der Waals surface area contributed by atoms with Crippen LogP contribution < -0.4 is 0 Å². The van der Waals surface area contributed by atoms with Crippen molar-refractivity contribution in [2.24, 2.45) is 0 Å². The van der Waals surface area contributed by atoms with Gasteiger partial charge in [-0.3, -0.25) is 19.9 Å². The Kier molecular flexibility index (Phi) is 6.39. The molecule has 0 aliphatic carbocycles. The molecule has 10 aromatic rings. The molecule has 0 bridgehead atoms. The molecule has 6 aromatic heterocycles. The molecule has 10 rings (SSSR count). The monoisotopic (exact) mass is 640 g/mol. The van der Waals surface area contributed by atoms with Crippen LogP contribution in [0, 0.1) is 0 Å². The van der Waals surface area contributed by atoms with Crippen molar-refractivity contribution in [3.63, 3.8) is 0 Å². The molecule has 0 N–H and O–H groups in total. The Balaban J connectivity index is 1.31. The molecule has 6 heterocycles. The summed E-state index contributed by atoms with van der Waals surface area (Å²) in [5, 5.41) is 4.26. The minimum Gasteiger partial charge on any atom is -0.309 e. The molecule has 0 saturated heterocycles. The lowest BCUT2D eigenvalue weighted by atomic mass is 9.93. The zero-order valence-corrected chi connectivity index (χ0v) is 26.8. The summed E-state index contributed by atoms with van der Waals surface area (Å²) in [5.74, 6) is 0. The number of nitrogens with zero attached hydrogens (tertiary/aromatic N) is 6. The van der Waals surface area contributed by atoms with Crippen molar-refractivity contribution in [1.29, 1.82) is 0 Å². The second-order valence-corrected chi connectivity index (χ2v) is 12.5. The summed E-state index contributed by atoms with van der Waals surface area (Å²) < 4.78 is 4.66. The topological polar surface area (TPSA) is 61.4 Å². The first-order valence-electron chi connectivity index (χ1n) is 16.6. The fourth-order valence-corrected chi connectivity index (χ4v) is 7.38. The lowest BCUT2D eigenvalue weighted by Crippen LogP contribution is -2.00. The summed E-state index contributed by atoms with van der Waals surface area (Å²) in [6.07, 6.45) is 15.2. The molecule has 0 spiro atoms. The summed E-state index contributed by atoms with van der Waals surface area (Å²) >= 11 is 0. The molecule has 0 saturated carbocycles. The predicted octanol–water partition coefficient (Wildman–Crippen LogP) is 10.5. The van der Waals surface area contributed by atoms with Gasteiger partial charge in [0, 0.05) is 82.5 Å². The zero-order valence-electron chi connectivity index (χ0n) is 26.8. The van der Waals surface area contributed by atoms with Crippen LogP contribution in [-0.2, 0) is 0 Å². The standard InChI is InChI=1S/C44H28N6/c1-3-7-29(8-4-1)31-19-32(30-9-5-2-6-10-30)21-33(20-31)34-22-35(49-41-11-15-45-25-37(41)38-26-46-16-12-42(38)49)24-36(23-34)50-43-13-17-47-27-39(43)40-28-48-18-14-44(40)50/h1-28H. The number of benzene rings is 4. The van der Waals surface area contributed by atoms with Crippen molar-refractivity contribution in [3.8, 4) is 44.8 Å². The number of pyridine rings is 4. The Hall–Kier alpha value is -6.92. The van der Waals surface area contributed by atoms with Gasteiger partial charge >= 0.3 is 0 Å². The summed E-state index contributed by atoms with van der Waals surface area (Å²) in [6, 6.07) is 43.4. The minimum absolute atomic E-state index is 1.04. The number of rotatable bonds is 5. The Bertz CT molecular complexity index is 2570. The molecule has 6 heteroatoms. The molecule has 234 valence electrons. The van der Waals surface area contributed by atoms with Crippen LogP contribution in [0.5, 0.6) is 0 Å². The van der Waals surface area contributed by atoms with Crippen LogP contribution in [0.1, 0.15) is 0 Å². The Morgan fingerprint density at radius 2 is 0.620 bits per heavy atom. The van der Waals surface area contributed by atoms with Gasteiger partial charge in [-0.1, -0.05) is 60.7 Å². The highest BCUT2D eigenvalue weighted by Gasteiger charge is 2.18. The number of hydrogen-bond acceptors (Lipinski definition) is 4. The third kappa shape index (κ3) is 4.50. The quantitative estimate of drug-likeness (QED) is 0.188. The van der Waals surface area contributed by atoms with Gasteiger partial charge in [0.1, 0.15) is 0 Å². The average Bonchev–Trinajstić information content (AvgIpc) is 3.71. The fourth-order valence-electron chi connectivity index (χ4n) is 7.38. The van der Waals surface area contributed by atoms with Crippen LogP contribution in [0.4, 0.5) is 0 Å². The lowest BCUT2D eigenvalue weighted by Gasteiger charge is -2.17. The van der Waals surface area contributed by atoms with Crippen molar-refractivity contribution in [3.05, 3.63) is 171 Å². The Morgan fingerprint density at radius 1 is 0.300 bits per heavy atom. The molecule has 6 nitrogen and oxygen atoms in total. The van der Waals surface area contributed by atoms with E-state index in [2.05, 4.69) is 150 Å². The molecule has 4 aromatic carbocycles. The van der Waals surface area contributed by atoms with E-state index in [0.717, 1.165) is 77.2 Å². The molecule has 0 amide bonds. The van der Waals surface area contributed by atoms with Crippen molar-refractivity contribution in [1.82, 2.24) is 29.1 Å². The molecular weight excluding hydrogens is 613 g/mol. The fraction of sp³-hybridized carbons (Fsp3) is 0. The van der Waals surface area contributed by atoms with E-state index in [1.807, 2.05) is 49.6 Å². The van der Waals surface area contributed by atoms with E-state index in [-0.39, 0.29) is 0 Å². The summed E-state index contributed by atoms with van der Waals surface area (Å²) in [4.78, 5) is 17.9. The highest BCUT2D eigenvalue weighted by molar-refractivity contribution is 6.10. The third-order valence-corrected chi connectivity index (χ3v) is 9.64. The SMILES string of the molecule is c1ccc(-c2cc(-c3ccccc3)cc(-c3cc(-n4c5ccncc5c5cnccc54)cc(-n4c5ccncc5c5cnccc54)c3)c2)cc1. The first-order valence-corrected chi connectivity index (χ1v) is 16.6. The van der Waals surface area contributed by atoms with Crippen LogP contribution in [0.2, 0.25) is 0 Å². The van der Waals surface area contributed by atoms with Gasteiger partial charge in [-0.15, -0.1) is 0 Å². The van der Waals surface area contributed by atoms with Crippen LogP contribution in [0.15, 0.2) is 171 Å². The molecule has 0 unspecified atom stereocenters. The van der Waals surface area contributed by atoms with E-state index in [0.29, 0.717) is 0 Å². The predicted molar refractivity (Wildman–Crippen MR) is 203 cm³/mol. The van der Waals surface area contributed by atoms with Gasteiger partial charge in [-0.05, 0) is 94.0 Å². The van der Waals surface area contributed by atoms with Gasteiger partial charge in [0.05, 0.1) is 22.1 Å². The third-order valence-electron chi connectivity index (χ3n) is 9.64. The largest absolute Gasteiger partial charge is 0.309 e. The molecule has 0 aliphatic rings. The normalized spacial score (nSPS) is 11.6. The van der Waals surface area contributed by atoms with Gasteiger partial charge in [-0.2, -0.15) is 0 Å². The van der Waals surface area contributed by atoms with Crippen LogP contribution in [0.3, 0.4) is 0 Å². The Morgan fingerprint density at radius 3 is 0.980 bits per heavy atom. The highest BCUT2D eigenvalue weighted by atomic mass is 15.0. The van der Waals surface area contributed by atoms with Gasteiger partial charge in [0.25, 0.3) is 0 Å². The number of fused-ring (bicyclic) bond motifs is 6. The lowest BCUT2D eigenvalue weighted by molar-refractivity contribution is 1.13. The second-order valence-electron chi connectivity index (χ2n) is 12.5. The van der Waals surface area contributed by atoms with Crippen LogP contribution in [0.25, 0.3) is 88.4 Å². The van der Waals surface area contributed by atoms with E-state index < -0.39 is 0 Å². The number of aromatic nitrogens is 6. The molecule has 0 radical (unpaired) electrons. The summed E-state index contributed by atoms with van der Waals surface area (Å²) in [6.45, 7) is 0. The maximum Gasteiger partial charge on any atom is 0.0572 e. The van der Waals surface area contributed by atoms with E-state index in [4.69, 9.17) is 0 Å². The van der Waals surface area contributed by atoms with Gasteiger partial charge < -0.3 is 9.13 Å². The van der Waals surface area contributed by atoms with Crippen molar-refractivity contribution >= 4 is 43.6 Å². The maximum absolute atomic E-state index is 4.48. The zero-order chi connectivity index (χ0) is 33.0. The summed E-state index contributed by atoms with van der Waals surface area (Å²) in [7, 11) is 0. The Labute approximate surface area is 287 Å². The van der Waals surface area contributed by atoms with Gasteiger partial charge in [-0.25, -0.2) is 0 Å². The van der Waals surface area contributed by atoms with Gasteiger partial charge in [0.15, 0.2) is 0 Å². The van der Waals surface area contributed by atoms with Crippen molar-refractivity contribution in [2.45, 2.75) is 0 Å². The molecule has 0 fully saturated rings. The van der Waals surface area contributed by atoms with Gasteiger partial charge in [0.2, 0.25) is 0 Å². The smallest absolute Gasteiger partial charge is 0.0572 e. The van der Waals surface area contributed by atoms with Crippen LogP contribution in [-0.4, -0.2) is 29.1 Å². The van der Waals surface area contributed by atoms with Crippen molar-refractivity contribution in [2.75, 3.05) is 0 Å². The summed E-state index contributed by atoms with van der Waals surface area (Å²) in [5.41, 5.74) is 13.3.